The molecule has 1 aliphatic heterocycles. The Kier molecular flexibility index (Phi) is 4.03. The number of hydrogen-bond acceptors (Lipinski definition) is 3. The van der Waals surface area contributed by atoms with E-state index in [9.17, 15) is 14.7 Å². The van der Waals surface area contributed by atoms with Gasteiger partial charge in [0.15, 0.2) is 0 Å². The summed E-state index contributed by atoms with van der Waals surface area (Å²) in [5, 5.41) is 14.0. The zero-order valence-electron chi connectivity index (χ0n) is 14.0. The van der Waals surface area contributed by atoms with Crippen molar-refractivity contribution in [3.8, 4) is 0 Å². The average molecular weight is 339 g/mol. The van der Waals surface area contributed by atoms with E-state index >= 15 is 0 Å². The van der Waals surface area contributed by atoms with Gasteiger partial charge >= 0.3 is 5.97 Å². The molecule has 1 amide bonds. The van der Waals surface area contributed by atoms with E-state index in [1.807, 2.05) is 35.1 Å². The van der Waals surface area contributed by atoms with Gasteiger partial charge in [-0.2, -0.15) is 5.10 Å². The first-order chi connectivity index (χ1) is 12.1. The second-order valence-corrected chi connectivity index (χ2v) is 6.89. The Hall–Kier alpha value is -2.63. The maximum atomic E-state index is 12.9. The standard InChI is InChI=1S/C19H21N3O3/c23-18(17-9-10-22(20-17)14-6-2-3-7-14)21-11-13-5-1-4-8-15(13)16(12-21)19(24)25/h1,4-5,8-10,14,16H,2-3,6-7,11-12H2,(H,24,25). The monoisotopic (exact) mass is 339 g/mol. The quantitative estimate of drug-likeness (QED) is 0.933. The minimum Gasteiger partial charge on any atom is -0.481 e. The predicted molar refractivity (Wildman–Crippen MR) is 91.3 cm³/mol. The van der Waals surface area contributed by atoms with Gasteiger partial charge in [0.25, 0.3) is 5.91 Å². The van der Waals surface area contributed by atoms with Crippen LogP contribution in [0.3, 0.4) is 0 Å². The number of nitrogens with zero attached hydrogens (tertiary/aromatic N) is 3. The highest BCUT2D eigenvalue weighted by Gasteiger charge is 2.33. The van der Waals surface area contributed by atoms with Crippen molar-refractivity contribution in [2.24, 2.45) is 0 Å². The van der Waals surface area contributed by atoms with E-state index in [2.05, 4.69) is 5.10 Å². The molecule has 25 heavy (non-hydrogen) atoms. The number of carbonyl (C=O) groups is 2. The van der Waals surface area contributed by atoms with Crippen molar-refractivity contribution in [3.05, 3.63) is 53.3 Å². The fourth-order valence-electron chi connectivity index (χ4n) is 3.96. The van der Waals surface area contributed by atoms with Crippen LogP contribution in [-0.4, -0.2) is 38.2 Å². The van der Waals surface area contributed by atoms with Crippen molar-refractivity contribution in [1.29, 1.82) is 0 Å². The maximum Gasteiger partial charge on any atom is 0.312 e. The highest BCUT2D eigenvalue weighted by molar-refractivity contribution is 5.93. The second kappa shape index (κ2) is 6.35. The third-order valence-corrected chi connectivity index (χ3v) is 5.31. The zero-order chi connectivity index (χ0) is 17.4. The molecule has 0 saturated heterocycles. The van der Waals surface area contributed by atoms with Crippen LogP contribution >= 0.6 is 0 Å². The summed E-state index contributed by atoms with van der Waals surface area (Å²) in [6, 6.07) is 9.58. The third kappa shape index (κ3) is 2.92. The molecule has 1 fully saturated rings. The molecule has 6 heteroatoms. The molecular formula is C19H21N3O3. The molecule has 6 nitrogen and oxygen atoms in total. The number of fused-ring (bicyclic) bond motifs is 1. The van der Waals surface area contributed by atoms with E-state index in [1.165, 1.54) is 12.8 Å². The van der Waals surface area contributed by atoms with Crippen LogP contribution in [-0.2, 0) is 11.3 Å². The Labute approximate surface area is 146 Å². The molecule has 1 aliphatic carbocycles. The summed E-state index contributed by atoms with van der Waals surface area (Å²) in [6.45, 7) is 0.608. The first kappa shape index (κ1) is 15.9. The van der Waals surface area contributed by atoms with Crippen LogP contribution < -0.4 is 0 Å². The van der Waals surface area contributed by atoms with E-state index in [-0.39, 0.29) is 12.5 Å². The van der Waals surface area contributed by atoms with E-state index in [0.717, 1.165) is 24.0 Å². The molecule has 1 saturated carbocycles. The van der Waals surface area contributed by atoms with Crippen LogP contribution in [0.5, 0.6) is 0 Å². The van der Waals surface area contributed by atoms with Gasteiger partial charge in [0.05, 0.1) is 12.0 Å². The van der Waals surface area contributed by atoms with Crippen molar-refractivity contribution < 1.29 is 14.7 Å². The SMILES string of the molecule is O=C(O)C1CN(C(=O)c2ccn(C3CCCC3)n2)Cc2ccccc21. The number of carboxylic acids is 1. The number of hydrogen-bond donors (Lipinski definition) is 1. The fraction of sp³-hybridized carbons (Fsp3) is 0.421. The second-order valence-electron chi connectivity index (χ2n) is 6.89. The Morgan fingerprint density at radius 3 is 2.64 bits per heavy atom. The molecule has 0 spiro atoms. The van der Waals surface area contributed by atoms with Gasteiger partial charge in [-0.3, -0.25) is 14.3 Å². The molecule has 0 radical (unpaired) electrons. The van der Waals surface area contributed by atoms with Crippen LogP contribution in [0.15, 0.2) is 36.5 Å². The largest absolute Gasteiger partial charge is 0.481 e. The lowest BCUT2D eigenvalue weighted by molar-refractivity contribution is -0.139. The lowest BCUT2D eigenvalue weighted by Gasteiger charge is -2.32. The van der Waals surface area contributed by atoms with Gasteiger partial charge in [0.1, 0.15) is 5.69 Å². The van der Waals surface area contributed by atoms with E-state index in [0.29, 0.717) is 18.3 Å². The number of aliphatic carboxylic acids is 1. The lowest BCUT2D eigenvalue weighted by atomic mass is 9.89. The molecule has 2 heterocycles. The molecule has 130 valence electrons. The summed E-state index contributed by atoms with van der Waals surface area (Å²) in [5.74, 6) is -1.79. The van der Waals surface area contributed by atoms with Gasteiger partial charge in [0.2, 0.25) is 0 Å². The first-order valence-corrected chi connectivity index (χ1v) is 8.78. The van der Waals surface area contributed by atoms with E-state index in [1.54, 1.807) is 11.0 Å². The number of carboxylic acid groups (broad SMARTS) is 1. The molecule has 1 atom stereocenters. The van der Waals surface area contributed by atoms with Crippen molar-refractivity contribution in [3.63, 3.8) is 0 Å². The fourth-order valence-corrected chi connectivity index (χ4v) is 3.96. The molecular weight excluding hydrogens is 318 g/mol. The van der Waals surface area contributed by atoms with E-state index in [4.69, 9.17) is 0 Å². The smallest absolute Gasteiger partial charge is 0.312 e. The number of aromatic nitrogens is 2. The highest BCUT2D eigenvalue weighted by atomic mass is 16.4. The number of benzene rings is 1. The summed E-state index contributed by atoms with van der Waals surface area (Å²) in [4.78, 5) is 26.1. The lowest BCUT2D eigenvalue weighted by Crippen LogP contribution is -2.40. The van der Waals surface area contributed by atoms with Crippen molar-refractivity contribution in [1.82, 2.24) is 14.7 Å². The topological polar surface area (TPSA) is 75.4 Å². The molecule has 2 aliphatic rings. The number of carbonyl (C=O) groups excluding carboxylic acids is 1. The van der Waals surface area contributed by atoms with Gasteiger partial charge in [-0.1, -0.05) is 37.1 Å². The maximum absolute atomic E-state index is 12.9. The van der Waals surface area contributed by atoms with Crippen molar-refractivity contribution in [2.45, 2.75) is 44.2 Å². The molecule has 1 aromatic carbocycles. The highest BCUT2D eigenvalue weighted by Crippen LogP contribution is 2.31. The third-order valence-electron chi connectivity index (χ3n) is 5.31. The molecule has 4 rings (SSSR count). The van der Waals surface area contributed by atoms with Gasteiger partial charge < -0.3 is 10.0 Å². The van der Waals surface area contributed by atoms with Gasteiger partial charge in [-0.05, 0) is 30.0 Å². The van der Waals surface area contributed by atoms with Gasteiger partial charge in [-0.25, -0.2) is 0 Å². The van der Waals surface area contributed by atoms with Crippen LogP contribution in [0.25, 0.3) is 0 Å². The number of rotatable bonds is 3. The van der Waals surface area contributed by atoms with Crippen LogP contribution in [0.1, 0.15) is 59.3 Å². The van der Waals surface area contributed by atoms with Gasteiger partial charge in [-0.15, -0.1) is 0 Å². The molecule has 1 unspecified atom stereocenters. The summed E-state index contributed by atoms with van der Waals surface area (Å²) in [7, 11) is 0. The van der Waals surface area contributed by atoms with Crippen LogP contribution in [0.2, 0.25) is 0 Å². The van der Waals surface area contributed by atoms with Gasteiger partial charge in [0, 0.05) is 19.3 Å². The Morgan fingerprint density at radius 2 is 1.88 bits per heavy atom. The normalized spacial score (nSPS) is 20.5. The summed E-state index contributed by atoms with van der Waals surface area (Å²) < 4.78 is 1.90. The Bertz CT molecular complexity index is 808. The summed E-state index contributed by atoms with van der Waals surface area (Å²) >= 11 is 0. The molecule has 1 aromatic heterocycles. The van der Waals surface area contributed by atoms with Crippen molar-refractivity contribution >= 4 is 11.9 Å². The van der Waals surface area contributed by atoms with Crippen LogP contribution in [0, 0.1) is 0 Å². The molecule has 0 bridgehead atoms. The van der Waals surface area contributed by atoms with E-state index < -0.39 is 11.9 Å². The molecule has 2 aromatic rings. The Morgan fingerprint density at radius 1 is 1.12 bits per heavy atom. The van der Waals surface area contributed by atoms with Crippen LogP contribution in [0.4, 0.5) is 0 Å². The van der Waals surface area contributed by atoms with Crippen molar-refractivity contribution in [2.75, 3.05) is 6.54 Å². The Balaban J connectivity index is 1.57. The summed E-state index contributed by atoms with van der Waals surface area (Å²) in [6.07, 6.45) is 6.49. The minimum absolute atomic E-state index is 0.182. The average Bonchev–Trinajstić information content (AvgIpc) is 3.31. The first-order valence-electron chi connectivity index (χ1n) is 8.78. The zero-order valence-corrected chi connectivity index (χ0v) is 14.0. The number of amides is 1. The summed E-state index contributed by atoms with van der Waals surface area (Å²) in [5.41, 5.74) is 2.09. The predicted octanol–water partition coefficient (Wildman–Crippen LogP) is 2.82. The minimum atomic E-state index is -0.901. The molecule has 1 N–H and O–H groups in total.